The first-order valence-electron chi connectivity index (χ1n) is 2.86. The van der Waals surface area contributed by atoms with Crippen LogP contribution in [0.3, 0.4) is 0 Å². The predicted octanol–water partition coefficient (Wildman–Crippen LogP) is 2.57. The van der Waals surface area contributed by atoms with Crippen LogP contribution in [0.1, 0.15) is 26.2 Å². The molecule has 0 aliphatic carbocycles. The molecule has 0 rings (SSSR count). The van der Waals surface area contributed by atoms with Gasteiger partial charge >= 0.3 is 0 Å². The number of rotatable bonds is 3. The summed E-state index contributed by atoms with van der Waals surface area (Å²) < 4.78 is 0. The summed E-state index contributed by atoms with van der Waals surface area (Å²) in [5, 5.41) is 0. The molecule has 0 aromatic heterocycles. The smallest absolute Gasteiger partial charge is 0.0351 e. The Kier molecular flexibility index (Phi) is 5.53. The minimum absolute atomic E-state index is 0.931. The highest BCUT2D eigenvalue weighted by atomic mass is 13.7. The lowest BCUT2D eigenvalue weighted by atomic mass is 10.3. The van der Waals surface area contributed by atoms with Crippen LogP contribution in [0.4, 0.5) is 0 Å². The maximum absolute atomic E-state index is 3.67. The number of allylic oxidation sites excluding steroid dienone is 2. The van der Waals surface area contributed by atoms with Gasteiger partial charge in [0.2, 0.25) is 0 Å². The normalized spacial score (nSPS) is 10.6. The summed E-state index contributed by atoms with van der Waals surface area (Å²) in [6.45, 7) is 5.84. The third-order valence-corrected chi connectivity index (χ3v) is 0.789. The van der Waals surface area contributed by atoms with Gasteiger partial charge in [-0.1, -0.05) is 25.5 Å². The fraction of sp³-hybridized carbons (Fsp3) is 0.571. The van der Waals surface area contributed by atoms with Gasteiger partial charge in [0, 0.05) is 0 Å². The molecule has 0 nitrogen and oxygen atoms in total. The molecule has 41 valence electrons. The van der Waals surface area contributed by atoms with Gasteiger partial charge in [0.25, 0.3) is 0 Å². The molecule has 0 unspecified atom stereocenters. The van der Waals surface area contributed by atoms with Crippen molar-refractivity contribution in [1.82, 2.24) is 0 Å². The molecule has 0 aliphatic rings. The first kappa shape index (κ1) is 6.74. The van der Waals surface area contributed by atoms with Gasteiger partial charge in [-0.3, -0.25) is 0 Å². The molecule has 0 aromatic rings. The summed E-state index contributed by atoms with van der Waals surface area (Å²) >= 11 is 0. The van der Waals surface area contributed by atoms with E-state index in [1.54, 1.807) is 0 Å². The van der Waals surface area contributed by atoms with Gasteiger partial charge in [-0.05, 0) is 19.8 Å². The van der Waals surface area contributed by atoms with Crippen molar-refractivity contribution < 1.29 is 0 Å². The van der Waals surface area contributed by atoms with Gasteiger partial charge in [0.15, 0.2) is 0 Å². The average Bonchev–Trinajstić information content (AvgIpc) is 1.69. The van der Waals surface area contributed by atoms with Crippen molar-refractivity contribution >= 4 is 0 Å². The predicted molar refractivity (Wildman–Crippen MR) is 34.0 cm³/mol. The van der Waals surface area contributed by atoms with Crippen molar-refractivity contribution in [2.45, 2.75) is 26.2 Å². The standard InChI is InChI=1S/C7H13/c1-3-5-7-6-4-2/h5,7H,1,3-4,6H2,2H3. The molecule has 0 heterocycles. The average molecular weight is 97.2 g/mol. The summed E-state index contributed by atoms with van der Waals surface area (Å²) in [5.41, 5.74) is 0. The molecule has 0 aliphatic heterocycles. The highest BCUT2D eigenvalue weighted by molar-refractivity contribution is 4.81. The first-order chi connectivity index (χ1) is 3.41. The summed E-state index contributed by atoms with van der Waals surface area (Å²) in [5.74, 6) is 0. The van der Waals surface area contributed by atoms with Crippen LogP contribution in [0, 0.1) is 6.92 Å². The van der Waals surface area contributed by atoms with Gasteiger partial charge in [-0.2, -0.15) is 0 Å². The van der Waals surface area contributed by atoms with Gasteiger partial charge in [0.05, 0.1) is 0 Å². The third kappa shape index (κ3) is 5.74. The Hall–Kier alpha value is -0.260. The zero-order valence-electron chi connectivity index (χ0n) is 4.98. The summed E-state index contributed by atoms with van der Waals surface area (Å²) in [7, 11) is 0. The molecule has 0 atom stereocenters. The van der Waals surface area contributed by atoms with Crippen molar-refractivity contribution in [3.8, 4) is 0 Å². The molecule has 0 bridgehead atoms. The molecule has 0 spiro atoms. The number of unbranched alkanes of at least 4 members (excludes halogenated alkanes) is 1. The second-order valence-electron chi connectivity index (χ2n) is 1.55. The van der Waals surface area contributed by atoms with Gasteiger partial charge < -0.3 is 0 Å². The zero-order valence-corrected chi connectivity index (χ0v) is 4.98. The minimum atomic E-state index is 0.931. The van der Waals surface area contributed by atoms with Crippen LogP contribution in [0.25, 0.3) is 0 Å². The Labute approximate surface area is 46.2 Å². The molecule has 1 radical (unpaired) electrons. The lowest BCUT2D eigenvalue weighted by Crippen LogP contribution is -1.59. The number of hydrogen-bond donors (Lipinski definition) is 0. The van der Waals surface area contributed by atoms with Crippen molar-refractivity contribution in [2.75, 3.05) is 0 Å². The topological polar surface area (TPSA) is 0 Å². The van der Waals surface area contributed by atoms with Crippen LogP contribution < -0.4 is 0 Å². The van der Waals surface area contributed by atoms with E-state index in [1.165, 1.54) is 12.8 Å². The van der Waals surface area contributed by atoms with Gasteiger partial charge in [-0.25, -0.2) is 0 Å². The van der Waals surface area contributed by atoms with E-state index >= 15 is 0 Å². The molecule has 0 heteroatoms. The van der Waals surface area contributed by atoms with Gasteiger partial charge in [-0.15, -0.1) is 0 Å². The lowest BCUT2D eigenvalue weighted by molar-refractivity contribution is 0.954. The summed E-state index contributed by atoms with van der Waals surface area (Å²) in [6.07, 6.45) is 7.66. The van der Waals surface area contributed by atoms with E-state index in [2.05, 4.69) is 26.0 Å². The Balaban J connectivity index is 2.78. The SMILES string of the molecule is [CH2]CC=CCCC. The van der Waals surface area contributed by atoms with E-state index in [0.717, 1.165) is 6.42 Å². The molecule has 0 N–H and O–H groups in total. The van der Waals surface area contributed by atoms with Crippen molar-refractivity contribution in [2.24, 2.45) is 0 Å². The Morgan fingerprint density at radius 2 is 2.14 bits per heavy atom. The van der Waals surface area contributed by atoms with Crippen LogP contribution >= 0.6 is 0 Å². The molecule has 0 saturated heterocycles. The second-order valence-corrected chi connectivity index (χ2v) is 1.55. The van der Waals surface area contributed by atoms with E-state index in [-0.39, 0.29) is 0 Å². The summed E-state index contributed by atoms with van der Waals surface area (Å²) in [6, 6.07) is 0. The third-order valence-electron chi connectivity index (χ3n) is 0.789. The van der Waals surface area contributed by atoms with Crippen LogP contribution in [-0.4, -0.2) is 0 Å². The molecule has 0 amide bonds. The van der Waals surface area contributed by atoms with Crippen LogP contribution in [-0.2, 0) is 0 Å². The Morgan fingerprint density at radius 1 is 1.43 bits per heavy atom. The fourth-order valence-electron chi connectivity index (χ4n) is 0.402. The molecular formula is C7H13. The van der Waals surface area contributed by atoms with Crippen molar-refractivity contribution in [3.05, 3.63) is 19.1 Å². The fourth-order valence-corrected chi connectivity index (χ4v) is 0.402. The zero-order chi connectivity index (χ0) is 5.54. The van der Waals surface area contributed by atoms with E-state index in [4.69, 9.17) is 0 Å². The second kappa shape index (κ2) is 5.74. The lowest BCUT2D eigenvalue weighted by Gasteiger charge is -1.79. The highest BCUT2D eigenvalue weighted by Gasteiger charge is 1.68. The molecular weight excluding hydrogens is 84.1 g/mol. The first-order valence-corrected chi connectivity index (χ1v) is 2.86. The Morgan fingerprint density at radius 3 is 2.57 bits per heavy atom. The van der Waals surface area contributed by atoms with Crippen LogP contribution in [0.2, 0.25) is 0 Å². The molecule has 0 saturated carbocycles. The van der Waals surface area contributed by atoms with Crippen LogP contribution in [0.15, 0.2) is 12.2 Å². The maximum Gasteiger partial charge on any atom is -0.0351 e. The largest absolute Gasteiger partial charge is 0.0885 e. The molecule has 0 aromatic carbocycles. The summed E-state index contributed by atoms with van der Waals surface area (Å²) in [4.78, 5) is 0. The van der Waals surface area contributed by atoms with Gasteiger partial charge in [0.1, 0.15) is 0 Å². The highest BCUT2D eigenvalue weighted by Crippen LogP contribution is 1.88. The molecule has 0 fully saturated rings. The van der Waals surface area contributed by atoms with Crippen LogP contribution in [0.5, 0.6) is 0 Å². The molecule has 7 heavy (non-hydrogen) atoms. The van der Waals surface area contributed by atoms with E-state index in [1.807, 2.05) is 0 Å². The quantitative estimate of drug-likeness (QED) is 0.475. The Bertz CT molecular complexity index is 44.0. The van der Waals surface area contributed by atoms with Crippen molar-refractivity contribution in [1.29, 1.82) is 0 Å². The van der Waals surface area contributed by atoms with Crippen molar-refractivity contribution in [3.63, 3.8) is 0 Å². The minimum Gasteiger partial charge on any atom is -0.0885 e. The monoisotopic (exact) mass is 97.1 g/mol. The maximum atomic E-state index is 3.67. The van der Waals surface area contributed by atoms with E-state index < -0.39 is 0 Å². The van der Waals surface area contributed by atoms with E-state index in [9.17, 15) is 0 Å². The number of hydrogen-bond acceptors (Lipinski definition) is 0. The van der Waals surface area contributed by atoms with E-state index in [0.29, 0.717) is 0 Å².